The number of amides is 1. The Kier molecular flexibility index (Phi) is 4.73. The van der Waals surface area contributed by atoms with Crippen LogP contribution in [0.25, 0.3) is 0 Å². The lowest BCUT2D eigenvalue weighted by Crippen LogP contribution is -2.37. The molecular weight excluding hydrogens is 228 g/mol. The summed E-state index contributed by atoms with van der Waals surface area (Å²) in [4.78, 5) is 13.1. The molecule has 0 bridgehead atoms. The van der Waals surface area contributed by atoms with E-state index in [0.717, 1.165) is 26.1 Å². The first kappa shape index (κ1) is 13.1. The summed E-state index contributed by atoms with van der Waals surface area (Å²) in [7, 11) is 0. The molecule has 4 heteroatoms. The minimum atomic E-state index is -0.268. The van der Waals surface area contributed by atoms with Crippen LogP contribution >= 0.6 is 0 Å². The Balaban J connectivity index is 1.92. The van der Waals surface area contributed by atoms with E-state index in [1.807, 2.05) is 18.2 Å². The monoisotopic (exact) mass is 248 g/mol. The first-order valence-corrected chi connectivity index (χ1v) is 6.36. The van der Waals surface area contributed by atoms with Crippen LogP contribution in [0.4, 0.5) is 0 Å². The third kappa shape index (κ3) is 4.13. The molecule has 0 spiro atoms. The minimum absolute atomic E-state index is 0.268. The number of rotatable bonds is 4. The highest BCUT2D eigenvalue weighted by Gasteiger charge is 2.19. The van der Waals surface area contributed by atoms with Crippen LogP contribution in [0.3, 0.4) is 0 Å². The normalized spacial score (nSPS) is 21.4. The Hall–Kier alpha value is -1.39. The number of carbonyl (C=O) groups excluding carboxylic acids is 1. The van der Waals surface area contributed by atoms with E-state index in [9.17, 15) is 4.79 Å². The zero-order chi connectivity index (χ0) is 12.8. The summed E-state index contributed by atoms with van der Waals surface area (Å²) in [5, 5.41) is 0. The van der Waals surface area contributed by atoms with Gasteiger partial charge in [0.1, 0.15) is 0 Å². The smallest absolute Gasteiger partial charge is 0.231 e. The summed E-state index contributed by atoms with van der Waals surface area (Å²) in [5.41, 5.74) is 6.56. The lowest BCUT2D eigenvalue weighted by Gasteiger charge is -2.21. The first-order chi connectivity index (χ1) is 8.74. The van der Waals surface area contributed by atoms with Crippen molar-refractivity contribution in [1.29, 1.82) is 0 Å². The zero-order valence-electron chi connectivity index (χ0n) is 10.5. The quantitative estimate of drug-likeness (QED) is 0.851. The molecule has 2 rings (SSSR count). The molecule has 1 aliphatic heterocycles. The Bertz CT molecular complexity index is 381. The summed E-state index contributed by atoms with van der Waals surface area (Å²) >= 11 is 0. The number of hydrogen-bond acceptors (Lipinski definition) is 3. The fourth-order valence-corrected chi connectivity index (χ4v) is 2.39. The molecule has 1 aromatic rings. The topological polar surface area (TPSA) is 55.6 Å². The van der Waals surface area contributed by atoms with E-state index in [0.29, 0.717) is 19.1 Å². The largest absolute Gasteiger partial charge is 0.380 e. The summed E-state index contributed by atoms with van der Waals surface area (Å²) in [6.07, 6.45) is 0.982. The number of ether oxygens (including phenoxy) is 1. The van der Waals surface area contributed by atoms with Gasteiger partial charge in [0.15, 0.2) is 0 Å². The summed E-state index contributed by atoms with van der Waals surface area (Å²) in [6, 6.07) is 10.4. The number of carbonyl (C=O) groups is 1. The van der Waals surface area contributed by atoms with Crippen molar-refractivity contribution in [3.05, 3.63) is 35.9 Å². The molecule has 1 fully saturated rings. The second-order valence-electron chi connectivity index (χ2n) is 4.83. The molecule has 0 radical (unpaired) electrons. The fraction of sp³-hybridized carbons (Fsp3) is 0.500. The summed E-state index contributed by atoms with van der Waals surface area (Å²) < 4.78 is 5.60. The molecule has 1 atom stereocenters. The van der Waals surface area contributed by atoms with E-state index >= 15 is 0 Å². The molecule has 0 unspecified atom stereocenters. The summed E-state index contributed by atoms with van der Waals surface area (Å²) in [5.74, 6) is 0.157. The molecule has 18 heavy (non-hydrogen) atoms. The van der Waals surface area contributed by atoms with Gasteiger partial charge < -0.3 is 10.5 Å². The van der Waals surface area contributed by atoms with Crippen molar-refractivity contribution in [2.24, 2.45) is 11.7 Å². The van der Waals surface area contributed by atoms with E-state index in [2.05, 4.69) is 17.0 Å². The van der Waals surface area contributed by atoms with Crippen LogP contribution in [0.2, 0.25) is 0 Å². The van der Waals surface area contributed by atoms with Gasteiger partial charge in [-0.05, 0) is 17.9 Å². The van der Waals surface area contributed by atoms with Gasteiger partial charge in [-0.2, -0.15) is 0 Å². The van der Waals surface area contributed by atoms with Gasteiger partial charge in [0, 0.05) is 13.1 Å². The maximum atomic E-state index is 11.0. The van der Waals surface area contributed by atoms with Gasteiger partial charge in [-0.3, -0.25) is 9.69 Å². The van der Waals surface area contributed by atoms with Crippen LogP contribution < -0.4 is 5.73 Å². The Morgan fingerprint density at radius 3 is 2.89 bits per heavy atom. The highest BCUT2D eigenvalue weighted by Crippen LogP contribution is 2.13. The number of hydrogen-bond donors (Lipinski definition) is 1. The van der Waals surface area contributed by atoms with Gasteiger partial charge in [0.05, 0.1) is 19.8 Å². The molecule has 0 aliphatic carbocycles. The van der Waals surface area contributed by atoms with E-state index in [1.165, 1.54) is 5.56 Å². The Labute approximate surface area is 108 Å². The minimum Gasteiger partial charge on any atom is -0.380 e. The zero-order valence-corrected chi connectivity index (χ0v) is 10.5. The van der Waals surface area contributed by atoms with Crippen molar-refractivity contribution in [3.8, 4) is 0 Å². The predicted molar refractivity (Wildman–Crippen MR) is 70.1 cm³/mol. The molecule has 1 aromatic carbocycles. The second-order valence-corrected chi connectivity index (χ2v) is 4.83. The predicted octanol–water partition coefficient (Wildman–Crippen LogP) is 0.663. The standard InChI is InChI=1S/C14H20N2O2/c15-14(17)10-16-6-7-18-11-13(9-16)8-12-4-2-1-3-5-12/h1-5,13H,6-11H2,(H2,15,17)/t13-/m1/s1. The summed E-state index contributed by atoms with van der Waals surface area (Å²) in [6.45, 7) is 3.42. The average molecular weight is 248 g/mol. The molecule has 1 aliphatic rings. The molecule has 4 nitrogen and oxygen atoms in total. The Morgan fingerprint density at radius 1 is 1.39 bits per heavy atom. The maximum Gasteiger partial charge on any atom is 0.231 e. The van der Waals surface area contributed by atoms with Crippen LogP contribution in [0, 0.1) is 5.92 Å². The lowest BCUT2D eigenvalue weighted by molar-refractivity contribution is -0.119. The van der Waals surface area contributed by atoms with E-state index in [-0.39, 0.29) is 5.91 Å². The molecule has 0 aromatic heterocycles. The molecule has 1 saturated heterocycles. The number of primary amides is 1. The van der Waals surface area contributed by atoms with Crippen molar-refractivity contribution in [1.82, 2.24) is 4.90 Å². The fourth-order valence-electron chi connectivity index (χ4n) is 2.39. The van der Waals surface area contributed by atoms with Gasteiger partial charge in [-0.15, -0.1) is 0 Å². The number of nitrogens with two attached hydrogens (primary N) is 1. The van der Waals surface area contributed by atoms with Crippen LogP contribution in [0.5, 0.6) is 0 Å². The third-order valence-electron chi connectivity index (χ3n) is 3.17. The molecular formula is C14H20N2O2. The average Bonchev–Trinajstić information content (AvgIpc) is 2.55. The van der Waals surface area contributed by atoms with Gasteiger partial charge in [-0.25, -0.2) is 0 Å². The van der Waals surface area contributed by atoms with E-state index in [1.54, 1.807) is 0 Å². The maximum absolute atomic E-state index is 11.0. The molecule has 98 valence electrons. The highest BCUT2D eigenvalue weighted by molar-refractivity contribution is 5.75. The van der Waals surface area contributed by atoms with E-state index < -0.39 is 0 Å². The van der Waals surface area contributed by atoms with Crippen molar-refractivity contribution >= 4 is 5.91 Å². The Morgan fingerprint density at radius 2 is 2.17 bits per heavy atom. The molecule has 2 N–H and O–H groups in total. The van der Waals surface area contributed by atoms with Crippen molar-refractivity contribution in [3.63, 3.8) is 0 Å². The number of benzene rings is 1. The van der Waals surface area contributed by atoms with Crippen LogP contribution in [-0.2, 0) is 16.0 Å². The molecule has 0 saturated carbocycles. The molecule has 1 amide bonds. The highest BCUT2D eigenvalue weighted by atomic mass is 16.5. The first-order valence-electron chi connectivity index (χ1n) is 6.36. The lowest BCUT2D eigenvalue weighted by atomic mass is 9.99. The van der Waals surface area contributed by atoms with Gasteiger partial charge in [-0.1, -0.05) is 30.3 Å². The van der Waals surface area contributed by atoms with E-state index in [4.69, 9.17) is 10.5 Å². The van der Waals surface area contributed by atoms with Gasteiger partial charge >= 0.3 is 0 Å². The van der Waals surface area contributed by atoms with Crippen LogP contribution in [0.1, 0.15) is 5.56 Å². The van der Waals surface area contributed by atoms with Gasteiger partial charge in [0.25, 0.3) is 0 Å². The van der Waals surface area contributed by atoms with Crippen molar-refractivity contribution in [2.75, 3.05) is 32.8 Å². The second kappa shape index (κ2) is 6.52. The van der Waals surface area contributed by atoms with Crippen LogP contribution in [0.15, 0.2) is 30.3 Å². The van der Waals surface area contributed by atoms with Crippen molar-refractivity contribution < 1.29 is 9.53 Å². The van der Waals surface area contributed by atoms with Crippen molar-refractivity contribution in [2.45, 2.75) is 6.42 Å². The van der Waals surface area contributed by atoms with Gasteiger partial charge in [0.2, 0.25) is 5.91 Å². The third-order valence-corrected chi connectivity index (χ3v) is 3.17. The SMILES string of the molecule is NC(=O)CN1CCOC[C@H](Cc2ccccc2)C1. The van der Waals surface area contributed by atoms with Crippen LogP contribution in [-0.4, -0.2) is 43.7 Å². The number of nitrogens with zero attached hydrogens (tertiary/aromatic N) is 1. The molecule has 1 heterocycles.